The molecule has 0 saturated carbocycles. The van der Waals surface area contributed by atoms with Gasteiger partial charge in [-0.2, -0.15) is 0 Å². The lowest BCUT2D eigenvalue weighted by molar-refractivity contribution is 0.102. The van der Waals surface area contributed by atoms with E-state index in [2.05, 4.69) is 10.0 Å². The molecule has 2 rings (SSSR count). The molecule has 0 bridgehead atoms. The Hall–Kier alpha value is -2.58. The molecule has 140 valence electrons. The minimum absolute atomic E-state index is 0.114. The van der Waals surface area contributed by atoms with Gasteiger partial charge in [0.25, 0.3) is 5.91 Å². The van der Waals surface area contributed by atoms with E-state index in [0.29, 0.717) is 29.2 Å². The molecule has 1 amide bonds. The van der Waals surface area contributed by atoms with Crippen LogP contribution in [0.5, 0.6) is 5.75 Å². The number of ether oxygens (including phenoxy) is 1. The highest BCUT2D eigenvalue weighted by Crippen LogP contribution is 2.25. The third-order valence-corrected chi connectivity index (χ3v) is 5.04. The van der Waals surface area contributed by atoms with Crippen LogP contribution in [0.4, 0.5) is 11.4 Å². The maximum absolute atomic E-state index is 12.3. The predicted octanol–water partition coefficient (Wildman–Crippen LogP) is 2.46. The summed E-state index contributed by atoms with van der Waals surface area (Å²) in [6.45, 7) is 4.19. The van der Waals surface area contributed by atoms with Gasteiger partial charge < -0.3 is 15.8 Å². The molecule has 7 nitrogen and oxygen atoms in total. The first kappa shape index (κ1) is 19.7. The Bertz CT molecular complexity index is 878. The van der Waals surface area contributed by atoms with Crippen molar-refractivity contribution in [1.29, 1.82) is 0 Å². The van der Waals surface area contributed by atoms with Crippen molar-refractivity contribution in [3.63, 3.8) is 0 Å². The van der Waals surface area contributed by atoms with E-state index in [1.165, 1.54) is 31.4 Å². The number of nitrogens with two attached hydrogens (primary N) is 1. The van der Waals surface area contributed by atoms with Crippen LogP contribution in [-0.2, 0) is 10.0 Å². The highest BCUT2D eigenvalue weighted by atomic mass is 32.2. The van der Waals surface area contributed by atoms with Crippen LogP contribution >= 0.6 is 0 Å². The number of methoxy groups -OCH3 is 1. The molecule has 8 heteroatoms. The van der Waals surface area contributed by atoms with Gasteiger partial charge in [0, 0.05) is 17.8 Å². The summed E-state index contributed by atoms with van der Waals surface area (Å²) < 4.78 is 31.9. The van der Waals surface area contributed by atoms with Gasteiger partial charge in [-0.3, -0.25) is 4.79 Å². The standard InChI is InChI=1S/C18H23N3O4S/c1-12(2)11-20-26(23,24)15-7-4-13(5-8-15)18(22)21-14-6-9-17(25-3)16(19)10-14/h4-10,12,20H,11,19H2,1-3H3,(H,21,22). The second-order valence-electron chi connectivity index (χ2n) is 6.18. The van der Waals surface area contributed by atoms with E-state index in [1.54, 1.807) is 18.2 Å². The third-order valence-electron chi connectivity index (χ3n) is 3.60. The fraction of sp³-hybridized carbons (Fsp3) is 0.278. The van der Waals surface area contributed by atoms with Gasteiger partial charge in [0.05, 0.1) is 17.7 Å². The van der Waals surface area contributed by atoms with Gasteiger partial charge in [-0.05, 0) is 48.4 Å². The number of anilines is 2. The summed E-state index contributed by atoms with van der Waals surface area (Å²) in [5.41, 5.74) is 7.07. The number of benzene rings is 2. The molecule has 0 aliphatic rings. The molecule has 2 aromatic rings. The molecule has 0 unspecified atom stereocenters. The lowest BCUT2D eigenvalue weighted by Crippen LogP contribution is -2.27. The second-order valence-corrected chi connectivity index (χ2v) is 7.95. The highest BCUT2D eigenvalue weighted by Gasteiger charge is 2.15. The van der Waals surface area contributed by atoms with Crippen molar-refractivity contribution in [3.8, 4) is 5.75 Å². The Labute approximate surface area is 153 Å². The van der Waals surface area contributed by atoms with Crippen molar-refractivity contribution < 1.29 is 17.9 Å². The maximum atomic E-state index is 12.3. The number of hydrogen-bond acceptors (Lipinski definition) is 5. The summed E-state index contributed by atoms with van der Waals surface area (Å²) in [5, 5.41) is 2.71. The summed E-state index contributed by atoms with van der Waals surface area (Å²) in [6, 6.07) is 10.6. The Morgan fingerprint density at radius 3 is 2.35 bits per heavy atom. The highest BCUT2D eigenvalue weighted by molar-refractivity contribution is 7.89. The van der Waals surface area contributed by atoms with Gasteiger partial charge in [0.15, 0.2) is 0 Å². The quantitative estimate of drug-likeness (QED) is 0.642. The summed E-state index contributed by atoms with van der Waals surface area (Å²) >= 11 is 0. The van der Waals surface area contributed by atoms with E-state index in [1.807, 2.05) is 13.8 Å². The number of carbonyl (C=O) groups is 1. The molecule has 0 fully saturated rings. The molecule has 0 aromatic heterocycles. The maximum Gasteiger partial charge on any atom is 0.255 e. The zero-order chi connectivity index (χ0) is 19.3. The molecule has 4 N–H and O–H groups in total. The van der Waals surface area contributed by atoms with Crippen molar-refractivity contribution in [1.82, 2.24) is 4.72 Å². The number of amides is 1. The largest absolute Gasteiger partial charge is 0.495 e. The van der Waals surface area contributed by atoms with Gasteiger partial charge in [0.2, 0.25) is 10.0 Å². The summed E-state index contributed by atoms with van der Waals surface area (Å²) in [4.78, 5) is 12.4. The number of sulfonamides is 1. The van der Waals surface area contributed by atoms with Gasteiger partial charge >= 0.3 is 0 Å². The zero-order valence-electron chi connectivity index (χ0n) is 14.9. The summed E-state index contributed by atoms with van der Waals surface area (Å²) in [5.74, 6) is 0.354. The van der Waals surface area contributed by atoms with E-state index < -0.39 is 10.0 Å². The van der Waals surface area contributed by atoms with E-state index in [4.69, 9.17) is 10.5 Å². The van der Waals surface area contributed by atoms with Crippen LogP contribution in [0.25, 0.3) is 0 Å². The molecule has 0 radical (unpaired) electrons. The molecular weight excluding hydrogens is 354 g/mol. The molecule has 2 aromatic carbocycles. The normalized spacial score (nSPS) is 11.4. The third kappa shape index (κ3) is 4.96. The van der Waals surface area contributed by atoms with Crippen LogP contribution in [0, 0.1) is 5.92 Å². The van der Waals surface area contributed by atoms with E-state index >= 15 is 0 Å². The van der Waals surface area contributed by atoms with Gasteiger partial charge in [-0.15, -0.1) is 0 Å². The number of nitrogens with one attached hydrogen (secondary N) is 2. The van der Waals surface area contributed by atoms with E-state index in [9.17, 15) is 13.2 Å². The van der Waals surface area contributed by atoms with Crippen LogP contribution in [0.1, 0.15) is 24.2 Å². The average molecular weight is 377 g/mol. The van der Waals surface area contributed by atoms with Crippen molar-refractivity contribution in [2.24, 2.45) is 5.92 Å². The first-order valence-electron chi connectivity index (χ1n) is 8.07. The molecule has 0 aliphatic heterocycles. The Morgan fingerprint density at radius 1 is 1.15 bits per heavy atom. The molecule has 0 heterocycles. The topological polar surface area (TPSA) is 111 Å². The zero-order valence-corrected chi connectivity index (χ0v) is 15.8. The summed E-state index contributed by atoms with van der Waals surface area (Å²) in [6.07, 6.45) is 0. The Kier molecular flexibility index (Phi) is 6.23. The number of rotatable bonds is 7. The first-order valence-corrected chi connectivity index (χ1v) is 9.56. The van der Waals surface area contributed by atoms with Crippen LogP contribution in [0.3, 0.4) is 0 Å². The van der Waals surface area contributed by atoms with E-state index in [0.717, 1.165) is 0 Å². The Balaban J connectivity index is 2.10. The monoisotopic (exact) mass is 377 g/mol. The van der Waals surface area contributed by atoms with Crippen molar-refractivity contribution in [2.75, 3.05) is 24.7 Å². The molecule has 26 heavy (non-hydrogen) atoms. The van der Waals surface area contributed by atoms with Gasteiger partial charge in [0.1, 0.15) is 5.75 Å². The summed E-state index contributed by atoms with van der Waals surface area (Å²) in [7, 11) is -2.07. The van der Waals surface area contributed by atoms with Gasteiger partial charge in [-0.1, -0.05) is 13.8 Å². The van der Waals surface area contributed by atoms with Crippen LogP contribution in [0.2, 0.25) is 0 Å². The van der Waals surface area contributed by atoms with Crippen molar-refractivity contribution >= 4 is 27.3 Å². The van der Waals surface area contributed by atoms with Crippen LogP contribution in [0.15, 0.2) is 47.4 Å². The van der Waals surface area contributed by atoms with Crippen LogP contribution < -0.4 is 20.5 Å². The van der Waals surface area contributed by atoms with Gasteiger partial charge in [-0.25, -0.2) is 13.1 Å². The van der Waals surface area contributed by atoms with Crippen molar-refractivity contribution in [3.05, 3.63) is 48.0 Å². The molecular formula is C18H23N3O4S. The fourth-order valence-corrected chi connectivity index (χ4v) is 3.37. The number of hydrogen-bond donors (Lipinski definition) is 3. The number of nitrogen functional groups attached to an aromatic ring is 1. The molecule has 0 aliphatic carbocycles. The lowest BCUT2D eigenvalue weighted by Gasteiger charge is -2.10. The van der Waals surface area contributed by atoms with Crippen molar-refractivity contribution in [2.45, 2.75) is 18.7 Å². The predicted molar refractivity (Wildman–Crippen MR) is 102 cm³/mol. The Morgan fingerprint density at radius 2 is 1.81 bits per heavy atom. The molecule has 0 saturated heterocycles. The SMILES string of the molecule is COc1ccc(NC(=O)c2ccc(S(=O)(=O)NCC(C)C)cc2)cc1N. The molecule has 0 spiro atoms. The number of carbonyl (C=O) groups excluding carboxylic acids is 1. The smallest absolute Gasteiger partial charge is 0.255 e. The minimum Gasteiger partial charge on any atom is -0.495 e. The average Bonchev–Trinajstić information content (AvgIpc) is 2.60. The first-order chi connectivity index (χ1) is 12.2. The lowest BCUT2D eigenvalue weighted by atomic mass is 10.2. The fourth-order valence-electron chi connectivity index (χ4n) is 2.16. The molecule has 0 atom stereocenters. The van der Waals surface area contributed by atoms with Crippen LogP contribution in [-0.4, -0.2) is 28.0 Å². The van der Waals surface area contributed by atoms with E-state index in [-0.39, 0.29) is 16.7 Å². The minimum atomic E-state index is -3.58. The second kappa shape index (κ2) is 8.20.